The lowest BCUT2D eigenvalue weighted by Crippen LogP contribution is -2.01. The molecule has 0 atom stereocenters. The van der Waals surface area contributed by atoms with Crippen molar-refractivity contribution in [3.8, 4) is 5.88 Å². The molecule has 1 heterocycles. The van der Waals surface area contributed by atoms with E-state index in [9.17, 15) is 10.1 Å². The Morgan fingerprint density at radius 1 is 1.40 bits per heavy atom. The molecule has 2 aromatic rings. The second-order valence-electron chi connectivity index (χ2n) is 3.98. The standard InChI is InChI=1S/C13H12BrN3O3/c1-20-13-6-9(4-5-15-13)8-16-12-3-2-10(17(18)19)7-11(12)14/h2-7,16H,8H2,1H3. The zero-order valence-corrected chi connectivity index (χ0v) is 12.3. The molecule has 20 heavy (non-hydrogen) atoms. The highest BCUT2D eigenvalue weighted by molar-refractivity contribution is 9.10. The first-order valence-electron chi connectivity index (χ1n) is 5.77. The molecule has 0 amide bonds. The summed E-state index contributed by atoms with van der Waals surface area (Å²) in [5.74, 6) is 0.548. The quantitative estimate of drug-likeness (QED) is 0.668. The van der Waals surface area contributed by atoms with Gasteiger partial charge in [-0.2, -0.15) is 0 Å². The number of methoxy groups -OCH3 is 1. The van der Waals surface area contributed by atoms with Gasteiger partial charge in [-0.25, -0.2) is 4.98 Å². The average molecular weight is 338 g/mol. The highest BCUT2D eigenvalue weighted by atomic mass is 79.9. The molecule has 1 N–H and O–H groups in total. The lowest BCUT2D eigenvalue weighted by molar-refractivity contribution is -0.384. The van der Waals surface area contributed by atoms with Crippen LogP contribution in [0.15, 0.2) is 41.0 Å². The first kappa shape index (κ1) is 14.3. The van der Waals surface area contributed by atoms with Crippen molar-refractivity contribution in [2.24, 2.45) is 0 Å². The molecule has 1 aromatic heterocycles. The fraction of sp³-hybridized carbons (Fsp3) is 0.154. The summed E-state index contributed by atoms with van der Waals surface area (Å²) in [4.78, 5) is 14.3. The molecule has 1 aromatic carbocycles. The Morgan fingerprint density at radius 3 is 2.85 bits per heavy atom. The Balaban J connectivity index is 2.08. The minimum Gasteiger partial charge on any atom is -0.481 e. The summed E-state index contributed by atoms with van der Waals surface area (Å²) in [6.07, 6.45) is 1.67. The maximum atomic E-state index is 10.7. The number of pyridine rings is 1. The monoisotopic (exact) mass is 337 g/mol. The van der Waals surface area contributed by atoms with Crippen molar-refractivity contribution in [2.45, 2.75) is 6.54 Å². The van der Waals surface area contributed by atoms with E-state index in [1.807, 2.05) is 12.1 Å². The predicted octanol–water partition coefficient (Wildman–Crippen LogP) is 3.37. The number of nitrogens with one attached hydrogen (secondary N) is 1. The van der Waals surface area contributed by atoms with Gasteiger partial charge in [0.1, 0.15) is 0 Å². The van der Waals surface area contributed by atoms with Crippen molar-refractivity contribution in [3.63, 3.8) is 0 Å². The van der Waals surface area contributed by atoms with E-state index in [0.29, 0.717) is 16.9 Å². The molecule has 0 aliphatic rings. The predicted molar refractivity (Wildman–Crippen MR) is 78.9 cm³/mol. The number of non-ortho nitro benzene ring substituents is 1. The van der Waals surface area contributed by atoms with E-state index in [2.05, 4.69) is 26.2 Å². The number of benzene rings is 1. The Morgan fingerprint density at radius 2 is 2.20 bits per heavy atom. The molecule has 0 aliphatic carbocycles. The number of ether oxygens (including phenoxy) is 1. The van der Waals surface area contributed by atoms with E-state index in [-0.39, 0.29) is 5.69 Å². The Bertz CT molecular complexity index is 634. The second kappa shape index (κ2) is 6.33. The third-order valence-corrected chi connectivity index (χ3v) is 3.31. The Labute approximate surface area is 124 Å². The van der Waals surface area contributed by atoms with E-state index in [1.54, 1.807) is 19.4 Å². The maximum absolute atomic E-state index is 10.7. The van der Waals surface area contributed by atoms with Gasteiger partial charge in [0.15, 0.2) is 0 Å². The number of nitro benzene ring substituents is 1. The molecule has 0 spiro atoms. The largest absolute Gasteiger partial charge is 0.481 e. The third kappa shape index (κ3) is 3.45. The van der Waals surface area contributed by atoms with Gasteiger partial charge in [0.05, 0.1) is 12.0 Å². The minimum absolute atomic E-state index is 0.0491. The topological polar surface area (TPSA) is 77.3 Å². The van der Waals surface area contributed by atoms with Crippen LogP contribution in [0.4, 0.5) is 11.4 Å². The summed E-state index contributed by atoms with van der Waals surface area (Å²) in [5, 5.41) is 13.9. The van der Waals surface area contributed by atoms with Crippen LogP contribution in [-0.2, 0) is 6.54 Å². The van der Waals surface area contributed by atoms with Gasteiger partial charge < -0.3 is 10.1 Å². The van der Waals surface area contributed by atoms with E-state index in [1.165, 1.54) is 12.1 Å². The number of halogens is 1. The highest BCUT2D eigenvalue weighted by Gasteiger charge is 2.08. The molecule has 0 fully saturated rings. The number of hydrogen-bond acceptors (Lipinski definition) is 5. The van der Waals surface area contributed by atoms with Crippen LogP contribution in [0.5, 0.6) is 5.88 Å². The third-order valence-electron chi connectivity index (χ3n) is 2.65. The van der Waals surface area contributed by atoms with E-state index in [0.717, 1.165) is 11.3 Å². The van der Waals surface area contributed by atoms with Crippen molar-refractivity contribution < 1.29 is 9.66 Å². The summed E-state index contributed by atoms with van der Waals surface area (Å²) in [6.45, 7) is 0.565. The molecule has 0 radical (unpaired) electrons. The molecule has 0 aliphatic heterocycles. The fourth-order valence-electron chi connectivity index (χ4n) is 1.63. The SMILES string of the molecule is COc1cc(CNc2ccc([N+](=O)[O-])cc2Br)ccn1. The van der Waals surface area contributed by atoms with Gasteiger partial charge in [-0.15, -0.1) is 0 Å². The van der Waals surface area contributed by atoms with Gasteiger partial charge in [-0.1, -0.05) is 0 Å². The van der Waals surface area contributed by atoms with Gasteiger partial charge >= 0.3 is 0 Å². The lowest BCUT2D eigenvalue weighted by atomic mass is 10.2. The molecule has 0 saturated carbocycles. The molecule has 0 bridgehead atoms. The van der Waals surface area contributed by atoms with Crippen molar-refractivity contribution in [3.05, 3.63) is 56.7 Å². The van der Waals surface area contributed by atoms with Crippen molar-refractivity contribution in [1.82, 2.24) is 4.98 Å². The first-order valence-corrected chi connectivity index (χ1v) is 6.56. The van der Waals surface area contributed by atoms with Crippen LogP contribution in [0, 0.1) is 10.1 Å². The van der Waals surface area contributed by atoms with Crippen LogP contribution in [0.25, 0.3) is 0 Å². The molecular weight excluding hydrogens is 326 g/mol. The summed E-state index contributed by atoms with van der Waals surface area (Å²) in [7, 11) is 1.56. The van der Waals surface area contributed by atoms with Crippen molar-refractivity contribution in [1.29, 1.82) is 0 Å². The lowest BCUT2D eigenvalue weighted by Gasteiger charge is -2.09. The fourth-order valence-corrected chi connectivity index (χ4v) is 2.14. The molecule has 2 rings (SSSR count). The van der Waals surface area contributed by atoms with Crippen LogP contribution in [0.3, 0.4) is 0 Å². The summed E-state index contributed by atoms with van der Waals surface area (Å²) < 4.78 is 5.70. The van der Waals surface area contributed by atoms with Gasteiger partial charge in [-0.05, 0) is 33.6 Å². The smallest absolute Gasteiger partial charge is 0.270 e. The summed E-state index contributed by atoms with van der Waals surface area (Å²) in [6, 6.07) is 8.29. The van der Waals surface area contributed by atoms with Gasteiger partial charge in [-0.3, -0.25) is 10.1 Å². The zero-order valence-electron chi connectivity index (χ0n) is 10.7. The molecular formula is C13H12BrN3O3. The van der Waals surface area contributed by atoms with Crippen molar-refractivity contribution >= 4 is 27.3 Å². The van der Waals surface area contributed by atoms with Crippen molar-refractivity contribution in [2.75, 3.05) is 12.4 Å². The number of hydrogen-bond donors (Lipinski definition) is 1. The number of rotatable bonds is 5. The first-order chi connectivity index (χ1) is 9.60. The molecule has 104 valence electrons. The van der Waals surface area contributed by atoms with Crippen LogP contribution in [-0.4, -0.2) is 17.0 Å². The van der Waals surface area contributed by atoms with E-state index < -0.39 is 4.92 Å². The number of anilines is 1. The van der Waals surface area contributed by atoms with E-state index in [4.69, 9.17) is 4.74 Å². The zero-order chi connectivity index (χ0) is 14.5. The number of nitrogens with zero attached hydrogens (tertiary/aromatic N) is 2. The maximum Gasteiger partial charge on any atom is 0.270 e. The number of aromatic nitrogens is 1. The molecule has 7 heteroatoms. The Hall–Kier alpha value is -2.15. The molecule has 0 unspecified atom stereocenters. The van der Waals surface area contributed by atoms with Crippen LogP contribution in [0.1, 0.15) is 5.56 Å². The van der Waals surface area contributed by atoms with E-state index >= 15 is 0 Å². The molecule has 6 nitrogen and oxygen atoms in total. The minimum atomic E-state index is -0.428. The summed E-state index contributed by atoms with van der Waals surface area (Å²) in [5.41, 5.74) is 1.83. The molecule has 0 saturated heterocycles. The van der Waals surface area contributed by atoms with Gasteiger partial charge in [0.25, 0.3) is 5.69 Å². The second-order valence-corrected chi connectivity index (χ2v) is 4.84. The Kier molecular flexibility index (Phi) is 4.52. The van der Waals surface area contributed by atoms with Crippen LogP contribution < -0.4 is 10.1 Å². The van der Waals surface area contributed by atoms with Crippen LogP contribution >= 0.6 is 15.9 Å². The number of nitro groups is 1. The van der Waals surface area contributed by atoms with Gasteiger partial charge in [0.2, 0.25) is 5.88 Å². The van der Waals surface area contributed by atoms with Crippen LogP contribution in [0.2, 0.25) is 0 Å². The normalized spacial score (nSPS) is 10.1. The highest BCUT2D eigenvalue weighted by Crippen LogP contribution is 2.27. The average Bonchev–Trinajstić information content (AvgIpc) is 2.46. The van der Waals surface area contributed by atoms with Gasteiger partial charge in [0, 0.05) is 41.1 Å². The summed E-state index contributed by atoms with van der Waals surface area (Å²) >= 11 is 3.31.